The number of likely N-dealkylation sites (tertiary alicyclic amines) is 1. The molecule has 1 rings (SSSR count). The fourth-order valence-corrected chi connectivity index (χ4v) is 1.73. The van der Waals surface area contributed by atoms with Gasteiger partial charge in [-0.3, -0.25) is 9.59 Å². The Hall–Kier alpha value is -1.14. The molecule has 1 amide bonds. The summed E-state index contributed by atoms with van der Waals surface area (Å²) in [6, 6.07) is -0.536. The van der Waals surface area contributed by atoms with E-state index in [1.54, 1.807) is 12.0 Å². The van der Waals surface area contributed by atoms with Crippen LogP contribution in [0, 0.1) is 5.92 Å². The van der Waals surface area contributed by atoms with Gasteiger partial charge in [0.2, 0.25) is 5.91 Å². The van der Waals surface area contributed by atoms with E-state index in [4.69, 9.17) is 15.6 Å². The van der Waals surface area contributed by atoms with E-state index in [2.05, 4.69) is 0 Å². The second kappa shape index (κ2) is 5.81. The van der Waals surface area contributed by atoms with Gasteiger partial charge >= 0.3 is 5.97 Å². The predicted octanol–water partition coefficient (Wildman–Crippen LogP) is -0.717. The van der Waals surface area contributed by atoms with Gasteiger partial charge in [0, 0.05) is 32.7 Å². The number of hydrogen-bond donors (Lipinski definition) is 2. The molecule has 6 nitrogen and oxygen atoms in total. The molecule has 6 heteroatoms. The smallest absolute Gasteiger partial charge is 0.303 e. The van der Waals surface area contributed by atoms with E-state index in [-0.39, 0.29) is 18.2 Å². The highest BCUT2D eigenvalue weighted by atomic mass is 16.5. The van der Waals surface area contributed by atoms with Crippen molar-refractivity contribution < 1.29 is 19.4 Å². The Morgan fingerprint density at radius 3 is 2.69 bits per heavy atom. The normalized spacial score (nSPS) is 18.0. The lowest BCUT2D eigenvalue weighted by Crippen LogP contribution is -2.55. The zero-order valence-electron chi connectivity index (χ0n) is 9.39. The van der Waals surface area contributed by atoms with Gasteiger partial charge in [0.1, 0.15) is 0 Å². The van der Waals surface area contributed by atoms with Gasteiger partial charge in [-0.05, 0) is 6.42 Å². The molecule has 0 aliphatic carbocycles. The molecule has 1 atom stereocenters. The summed E-state index contributed by atoms with van der Waals surface area (Å²) in [4.78, 5) is 23.7. The maximum absolute atomic E-state index is 11.7. The Morgan fingerprint density at radius 2 is 2.19 bits per heavy atom. The summed E-state index contributed by atoms with van der Waals surface area (Å²) >= 11 is 0. The van der Waals surface area contributed by atoms with Crippen molar-refractivity contribution >= 4 is 11.9 Å². The number of amides is 1. The summed E-state index contributed by atoms with van der Waals surface area (Å²) in [5.41, 5.74) is 5.67. The number of carboxylic acids is 1. The highest BCUT2D eigenvalue weighted by molar-refractivity contribution is 5.82. The molecule has 3 N–H and O–H groups in total. The molecule has 0 radical (unpaired) electrons. The fourth-order valence-electron chi connectivity index (χ4n) is 1.73. The van der Waals surface area contributed by atoms with Crippen LogP contribution < -0.4 is 5.73 Å². The Balaban J connectivity index is 2.23. The number of carboxylic acid groups (broad SMARTS) is 1. The quantitative estimate of drug-likeness (QED) is 0.628. The van der Waals surface area contributed by atoms with E-state index in [0.29, 0.717) is 26.1 Å². The van der Waals surface area contributed by atoms with Crippen LogP contribution in [-0.2, 0) is 14.3 Å². The third-order valence-corrected chi connectivity index (χ3v) is 2.68. The first-order valence-corrected chi connectivity index (χ1v) is 5.29. The van der Waals surface area contributed by atoms with E-state index in [1.807, 2.05) is 0 Å². The summed E-state index contributed by atoms with van der Waals surface area (Å²) in [5.74, 6) is -0.851. The molecule has 0 spiro atoms. The molecule has 0 aromatic rings. The number of ether oxygens (including phenoxy) is 1. The number of hydrogen-bond acceptors (Lipinski definition) is 4. The van der Waals surface area contributed by atoms with Gasteiger partial charge < -0.3 is 20.5 Å². The van der Waals surface area contributed by atoms with Gasteiger partial charge in [-0.15, -0.1) is 0 Å². The van der Waals surface area contributed by atoms with Crippen LogP contribution in [0.5, 0.6) is 0 Å². The molecule has 1 saturated heterocycles. The van der Waals surface area contributed by atoms with Crippen LogP contribution in [-0.4, -0.2) is 54.7 Å². The summed E-state index contributed by atoms with van der Waals surface area (Å²) in [6.07, 6.45) is 0.618. The van der Waals surface area contributed by atoms with Gasteiger partial charge in [-0.25, -0.2) is 0 Å². The topological polar surface area (TPSA) is 92.9 Å². The van der Waals surface area contributed by atoms with Gasteiger partial charge in [-0.2, -0.15) is 0 Å². The number of aliphatic carboxylic acids is 1. The van der Waals surface area contributed by atoms with E-state index in [1.165, 1.54) is 0 Å². The maximum Gasteiger partial charge on any atom is 0.303 e. The van der Waals surface area contributed by atoms with Crippen LogP contribution in [0.1, 0.15) is 12.8 Å². The van der Waals surface area contributed by atoms with E-state index >= 15 is 0 Å². The molecular weight excluding hydrogens is 212 g/mol. The second-order valence-corrected chi connectivity index (χ2v) is 4.10. The largest absolute Gasteiger partial charge is 0.481 e. The molecule has 1 fully saturated rings. The highest BCUT2D eigenvalue weighted by Crippen LogP contribution is 2.19. The predicted molar refractivity (Wildman–Crippen MR) is 56.8 cm³/mol. The second-order valence-electron chi connectivity index (χ2n) is 4.10. The van der Waals surface area contributed by atoms with Crippen LogP contribution in [0.4, 0.5) is 0 Å². The van der Waals surface area contributed by atoms with E-state index in [0.717, 1.165) is 0 Å². The Morgan fingerprint density at radius 1 is 1.56 bits per heavy atom. The van der Waals surface area contributed by atoms with Crippen molar-refractivity contribution in [3.8, 4) is 0 Å². The first-order chi connectivity index (χ1) is 7.54. The van der Waals surface area contributed by atoms with Crippen LogP contribution in [0.25, 0.3) is 0 Å². The number of carbonyl (C=O) groups excluding carboxylic acids is 1. The summed E-state index contributed by atoms with van der Waals surface area (Å²) in [7, 11) is 1.56. The van der Waals surface area contributed by atoms with Crippen molar-refractivity contribution in [3.63, 3.8) is 0 Å². The minimum absolute atomic E-state index is 0.0797. The number of rotatable bonds is 6. The van der Waals surface area contributed by atoms with Crippen molar-refractivity contribution in [2.75, 3.05) is 26.8 Å². The number of nitrogens with zero attached hydrogens (tertiary/aromatic N) is 1. The lowest BCUT2D eigenvalue weighted by Gasteiger charge is -2.39. The zero-order valence-corrected chi connectivity index (χ0v) is 9.39. The van der Waals surface area contributed by atoms with Gasteiger partial charge in [0.15, 0.2) is 0 Å². The Labute approximate surface area is 94.3 Å². The van der Waals surface area contributed by atoms with Crippen molar-refractivity contribution in [1.82, 2.24) is 4.90 Å². The first kappa shape index (κ1) is 12.9. The Kier molecular flexibility index (Phi) is 4.70. The minimum Gasteiger partial charge on any atom is -0.481 e. The monoisotopic (exact) mass is 230 g/mol. The van der Waals surface area contributed by atoms with Gasteiger partial charge in [0.05, 0.1) is 12.5 Å². The lowest BCUT2D eigenvalue weighted by atomic mass is 9.95. The third-order valence-electron chi connectivity index (χ3n) is 2.68. The SMILES string of the molecule is COCCC(N)C(=O)N1CC(CC(=O)O)C1. The molecule has 92 valence electrons. The number of carbonyl (C=O) groups is 2. The minimum atomic E-state index is -0.819. The summed E-state index contributed by atoms with van der Waals surface area (Å²) in [5, 5.41) is 8.55. The number of methoxy groups -OCH3 is 1. The molecule has 1 aliphatic heterocycles. The Bertz CT molecular complexity index is 264. The molecule has 0 aromatic carbocycles. The van der Waals surface area contributed by atoms with Crippen LogP contribution in [0.15, 0.2) is 0 Å². The van der Waals surface area contributed by atoms with E-state index in [9.17, 15) is 9.59 Å². The van der Waals surface area contributed by atoms with Crippen molar-refractivity contribution in [3.05, 3.63) is 0 Å². The molecule has 0 bridgehead atoms. The molecule has 1 aliphatic rings. The molecule has 16 heavy (non-hydrogen) atoms. The van der Waals surface area contributed by atoms with Crippen LogP contribution in [0.2, 0.25) is 0 Å². The summed E-state index contributed by atoms with van der Waals surface area (Å²) < 4.78 is 4.84. The zero-order chi connectivity index (χ0) is 12.1. The van der Waals surface area contributed by atoms with Crippen molar-refractivity contribution in [1.29, 1.82) is 0 Å². The average molecular weight is 230 g/mol. The van der Waals surface area contributed by atoms with Crippen LogP contribution >= 0.6 is 0 Å². The molecule has 1 unspecified atom stereocenters. The van der Waals surface area contributed by atoms with Crippen LogP contribution in [0.3, 0.4) is 0 Å². The molecule has 0 saturated carbocycles. The fraction of sp³-hybridized carbons (Fsp3) is 0.800. The standard InChI is InChI=1S/C10H18N2O4/c1-16-3-2-8(11)10(15)12-5-7(6-12)4-9(13)14/h7-8H,2-6,11H2,1H3,(H,13,14). The number of nitrogens with two attached hydrogens (primary N) is 1. The maximum atomic E-state index is 11.7. The first-order valence-electron chi connectivity index (χ1n) is 5.29. The molecule has 0 aromatic heterocycles. The molecular formula is C10H18N2O4. The van der Waals surface area contributed by atoms with E-state index < -0.39 is 12.0 Å². The average Bonchev–Trinajstić information content (AvgIpc) is 2.18. The van der Waals surface area contributed by atoms with Gasteiger partial charge in [0.25, 0.3) is 0 Å². The van der Waals surface area contributed by atoms with Crippen molar-refractivity contribution in [2.24, 2.45) is 11.7 Å². The van der Waals surface area contributed by atoms with Crippen molar-refractivity contribution in [2.45, 2.75) is 18.9 Å². The highest BCUT2D eigenvalue weighted by Gasteiger charge is 2.33. The lowest BCUT2D eigenvalue weighted by molar-refractivity contribution is -0.145. The third kappa shape index (κ3) is 3.46. The summed E-state index contributed by atoms with van der Waals surface area (Å²) in [6.45, 7) is 1.47. The van der Waals surface area contributed by atoms with Gasteiger partial charge in [-0.1, -0.05) is 0 Å². The molecule has 1 heterocycles.